The van der Waals surface area contributed by atoms with Crippen LogP contribution in [0.15, 0.2) is 53.4 Å². The molecule has 6 nitrogen and oxygen atoms in total. The predicted octanol–water partition coefficient (Wildman–Crippen LogP) is 2.58. The van der Waals surface area contributed by atoms with Crippen molar-refractivity contribution in [1.29, 1.82) is 0 Å². The lowest BCUT2D eigenvalue weighted by Gasteiger charge is -2.34. The molecule has 150 valence electrons. The van der Waals surface area contributed by atoms with Crippen molar-refractivity contribution >= 4 is 27.3 Å². The number of carbonyl (C=O) groups is 1. The van der Waals surface area contributed by atoms with Gasteiger partial charge in [-0.3, -0.25) is 9.69 Å². The summed E-state index contributed by atoms with van der Waals surface area (Å²) in [4.78, 5) is 16.7. The van der Waals surface area contributed by atoms with Gasteiger partial charge in [0.25, 0.3) is 5.91 Å². The average molecular weight is 423 g/mol. The SMILES string of the molecule is COc1cccc(S(=O)(=O)CCN2CCN(C(=O)c3cccc(Cl)c3)CC2)c1. The zero-order valence-electron chi connectivity index (χ0n) is 15.7. The van der Waals surface area contributed by atoms with Crippen LogP contribution in [-0.4, -0.2) is 69.7 Å². The number of nitrogens with zero attached hydrogens (tertiary/aromatic N) is 2. The second-order valence-corrected chi connectivity index (χ2v) is 9.19. The summed E-state index contributed by atoms with van der Waals surface area (Å²) in [6.45, 7) is 2.83. The molecule has 0 aromatic heterocycles. The molecule has 0 bridgehead atoms. The minimum absolute atomic E-state index is 0.0302. The Morgan fingerprint density at radius 1 is 1.07 bits per heavy atom. The van der Waals surface area contributed by atoms with Crippen LogP contribution in [0, 0.1) is 0 Å². The van der Waals surface area contributed by atoms with E-state index in [1.165, 1.54) is 13.2 Å². The Morgan fingerprint density at radius 3 is 2.46 bits per heavy atom. The summed E-state index contributed by atoms with van der Waals surface area (Å²) in [5, 5.41) is 0.534. The second kappa shape index (κ2) is 8.94. The molecule has 1 heterocycles. The van der Waals surface area contributed by atoms with Gasteiger partial charge < -0.3 is 9.64 Å². The number of amides is 1. The quantitative estimate of drug-likeness (QED) is 0.715. The van der Waals surface area contributed by atoms with Gasteiger partial charge in [-0.2, -0.15) is 0 Å². The summed E-state index contributed by atoms with van der Waals surface area (Å²) >= 11 is 5.96. The van der Waals surface area contributed by atoms with Crippen molar-refractivity contribution in [2.45, 2.75) is 4.90 Å². The first kappa shape index (κ1) is 20.6. The minimum atomic E-state index is -3.39. The number of ether oxygens (including phenoxy) is 1. The molecular formula is C20H23ClN2O4S. The molecule has 1 saturated heterocycles. The maximum absolute atomic E-state index is 12.6. The minimum Gasteiger partial charge on any atom is -0.497 e. The number of benzene rings is 2. The van der Waals surface area contributed by atoms with Gasteiger partial charge in [0.2, 0.25) is 0 Å². The van der Waals surface area contributed by atoms with Crippen LogP contribution in [0.3, 0.4) is 0 Å². The number of carbonyl (C=O) groups excluding carboxylic acids is 1. The van der Waals surface area contributed by atoms with Crippen molar-refractivity contribution < 1.29 is 17.9 Å². The van der Waals surface area contributed by atoms with Crippen molar-refractivity contribution in [2.75, 3.05) is 45.6 Å². The Morgan fingerprint density at radius 2 is 1.79 bits per heavy atom. The standard InChI is InChI=1S/C20H23ClN2O4S/c1-27-18-6-3-7-19(15-18)28(25,26)13-12-22-8-10-23(11-9-22)20(24)16-4-2-5-17(21)14-16/h2-7,14-15H,8-13H2,1H3. The normalized spacial score (nSPS) is 15.4. The molecule has 28 heavy (non-hydrogen) atoms. The van der Waals surface area contributed by atoms with Crippen LogP contribution in [0.4, 0.5) is 0 Å². The summed E-state index contributed by atoms with van der Waals surface area (Å²) in [6, 6.07) is 13.4. The first-order valence-corrected chi connectivity index (χ1v) is 11.1. The largest absolute Gasteiger partial charge is 0.497 e. The van der Waals surface area contributed by atoms with Crippen LogP contribution < -0.4 is 4.74 Å². The van der Waals surface area contributed by atoms with Gasteiger partial charge in [0.05, 0.1) is 17.8 Å². The number of piperazine rings is 1. The molecule has 0 aliphatic carbocycles. The molecule has 0 saturated carbocycles. The second-order valence-electron chi connectivity index (χ2n) is 6.64. The van der Waals surface area contributed by atoms with E-state index < -0.39 is 9.84 Å². The van der Waals surface area contributed by atoms with Crippen LogP contribution >= 0.6 is 11.6 Å². The van der Waals surface area contributed by atoms with Gasteiger partial charge >= 0.3 is 0 Å². The predicted molar refractivity (Wildman–Crippen MR) is 109 cm³/mol. The number of hydrogen-bond donors (Lipinski definition) is 0. The van der Waals surface area contributed by atoms with Crippen molar-refractivity contribution in [1.82, 2.24) is 9.80 Å². The van der Waals surface area contributed by atoms with E-state index in [4.69, 9.17) is 16.3 Å². The van der Waals surface area contributed by atoms with Crippen molar-refractivity contribution in [3.8, 4) is 5.75 Å². The fourth-order valence-electron chi connectivity index (χ4n) is 3.14. The molecule has 0 radical (unpaired) electrons. The first-order valence-electron chi connectivity index (χ1n) is 9.03. The van der Waals surface area contributed by atoms with Gasteiger partial charge in [0, 0.05) is 43.3 Å². The zero-order chi connectivity index (χ0) is 20.1. The number of sulfone groups is 1. The van der Waals surface area contributed by atoms with E-state index in [9.17, 15) is 13.2 Å². The lowest BCUT2D eigenvalue weighted by atomic mass is 10.2. The Kier molecular flexibility index (Phi) is 6.59. The third kappa shape index (κ3) is 5.04. The summed E-state index contributed by atoms with van der Waals surface area (Å²) in [6.07, 6.45) is 0. The van der Waals surface area contributed by atoms with E-state index in [1.807, 2.05) is 0 Å². The molecule has 1 amide bonds. The zero-order valence-corrected chi connectivity index (χ0v) is 17.2. The topological polar surface area (TPSA) is 66.9 Å². The van der Waals surface area contributed by atoms with Gasteiger partial charge in [-0.05, 0) is 36.4 Å². The molecule has 1 aliphatic heterocycles. The van der Waals surface area contributed by atoms with E-state index in [1.54, 1.807) is 47.4 Å². The van der Waals surface area contributed by atoms with E-state index in [0.29, 0.717) is 49.1 Å². The van der Waals surface area contributed by atoms with Gasteiger partial charge in [-0.15, -0.1) is 0 Å². The van der Waals surface area contributed by atoms with E-state index in [0.717, 1.165) is 0 Å². The summed E-state index contributed by atoms with van der Waals surface area (Å²) in [5.74, 6) is 0.503. The Bertz CT molecular complexity index is 941. The highest BCUT2D eigenvalue weighted by molar-refractivity contribution is 7.91. The molecule has 0 spiro atoms. The Labute approximate surface area is 170 Å². The molecule has 8 heteroatoms. The van der Waals surface area contributed by atoms with Crippen LogP contribution in [-0.2, 0) is 9.84 Å². The lowest BCUT2D eigenvalue weighted by molar-refractivity contribution is 0.0644. The number of methoxy groups -OCH3 is 1. The average Bonchev–Trinajstić information content (AvgIpc) is 2.72. The lowest BCUT2D eigenvalue weighted by Crippen LogP contribution is -2.49. The first-order chi connectivity index (χ1) is 13.4. The Hall–Kier alpha value is -2.09. The highest BCUT2D eigenvalue weighted by atomic mass is 35.5. The fourth-order valence-corrected chi connectivity index (χ4v) is 4.65. The van der Waals surface area contributed by atoms with Crippen LogP contribution in [0.2, 0.25) is 5.02 Å². The van der Waals surface area contributed by atoms with Crippen LogP contribution in [0.5, 0.6) is 5.75 Å². The highest BCUT2D eigenvalue weighted by Gasteiger charge is 2.24. The number of hydrogen-bond acceptors (Lipinski definition) is 5. The van der Waals surface area contributed by atoms with Crippen molar-refractivity contribution in [3.05, 3.63) is 59.1 Å². The molecule has 0 unspecified atom stereocenters. The summed E-state index contributed by atoms with van der Waals surface area (Å²) < 4.78 is 30.2. The maximum atomic E-state index is 12.6. The summed E-state index contributed by atoms with van der Waals surface area (Å²) in [5.41, 5.74) is 0.571. The third-order valence-corrected chi connectivity index (χ3v) is 6.73. The van der Waals surface area contributed by atoms with E-state index in [2.05, 4.69) is 4.90 Å². The summed E-state index contributed by atoms with van der Waals surface area (Å²) in [7, 11) is -1.88. The molecule has 0 N–H and O–H groups in total. The molecule has 2 aromatic rings. The number of halogens is 1. The van der Waals surface area contributed by atoms with Gasteiger partial charge in [0.1, 0.15) is 5.75 Å². The monoisotopic (exact) mass is 422 g/mol. The fraction of sp³-hybridized carbons (Fsp3) is 0.350. The van der Waals surface area contributed by atoms with E-state index >= 15 is 0 Å². The maximum Gasteiger partial charge on any atom is 0.253 e. The molecule has 1 fully saturated rings. The molecular weight excluding hydrogens is 400 g/mol. The highest BCUT2D eigenvalue weighted by Crippen LogP contribution is 2.19. The van der Waals surface area contributed by atoms with Gasteiger partial charge in [0.15, 0.2) is 9.84 Å². The van der Waals surface area contributed by atoms with E-state index in [-0.39, 0.29) is 16.6 Å². The van der Waals surface area contributed by atoms with Crippen molar-refractivity contribution in [3.63, 3.8) is 0 Å². The van der Waals surface area contributed by atoms with Crippen molar-refractivity contribution in [2.24, 2.45) is 0 Å². The number of rotatable bonds is 6. The smallest absolute Gasteiger partial charge is 0.253 e. The van der Waals surface area contributed by atoms with Gasteiger partial charge in [-0.1, -0.05) is 23.7 Å². The van der Waals surface area contributed by atoms with Crippen LogP contribution in [0.1, 0.15) is 10.4 Å². The molecule has 1 aliphatic rings. The van der Waals surface area contributed by atoms with Gasteiger partial charge in [-0.25, -0.2) is 8.42 Å². The third-order valence-electron chi connectivity index (χ3n) is 4.81. The molecule has 2 aromatic carbocycles. The van der Waals surface area contributed by atoms with Crippen LogP contribution in [0.25, 0.3) is 0 Å². The molecule has 3 rings (SSSR count). The Balaban J connectivity index is 1.53. The molecule has 0 atom stereocenters.